The van der Waals surface area contributed by atoms with Crippen molar-refractivity contribution in [1.82, 2.24) is 15.0 Å². The normalized spacial score (nSPS) is 12.5. The Balaban J connectivity index is 1.86. The van der Waals surface area contributed by atoms with Gasteiger partial charge in [0.15, 0.2) is 5.16 Å². The predicted octanol–water partition coefficient (Wildman–Crippen LogP) is 2.88. The first kappa shape index (κ1) is 14.6. The molecule has 0 aliphatic rings. The Morgan fingerprint density at radius 1 is 1.32 bits per heavy atom. The number of para-hydroxylation sites is 2. The molecule has 5 nitrogen and oxygen atoms in total. The molecule has 1 N–H and O–H groups in total. The molecule has 1 unspecified atom stereocenters. The second kappa shape index (κ2) is 6.23. The predicted molar refractivity (Wildman–Crippen MR) is 81.8 cm³/mol. The van der Waals surface area contributed by atoms with Crippen molar-refractivity contribution in [3.8, 4) is 5.75 Å². The molecule has 0 bridgehead atoms. The molecule has 0 fully saturated rings. The lowest BCUT2D eigenvalue weighted by Gasteiger charge is -2.08. The van der Waals surface area contributed by atoms with E-state index in [1.807, 2.05) is 24.3 Å². The Morgan fingerprint density at radius 3 is 2.91 bits per heavy atom. The third kappa shape index (κ3) is 2.85. The van der Waals surface area contributed by atoms with E-state index >= 15 is 0 Å². The first-order valence-electron chi connectivity index (χ1n) is 6.65. The van der Waals surface area contributed by atoms with Gasteiger partial charge in [-0.15, -0.1) is 0 Å². The van der Waals surface area contributed by atoms with Crippen LogP contribution >= 0.6 is 0 Å². The number of nitrogens with one attached hydrogen (secondary N) is 1. The number of fused-ring (bicyclic) bond motifs is 1. The molecule has 22 heavy (non-hydrogen) atoms. The van der Waals surface area contributed by atoms with Gasteiger partial charge >= 0.3 is 0 Å². The van der Waals surface area contributed by atoms with Crippen LogP contribution in [0.25, 0.3) is 11.0 Å². The Morgan fingerprint density at radius 2 is 2.14 bits per heavy atom. The standard InChI is InChI=1S/C15H14FN3O2S/c1-10-13(17-7-6-14(10)21-9-16)8-22(20)15-18-11-4-2-3-5-12(11)19-15/h2-7H,8-9H2,1H3,(H,18,19). The fourth-order valence-electron chi connectivity index (χ4n) is 2.15. The smallest absolute Gasteiger partial charge is 0.228 e. The Kier molecular flexibility index (Phi) is 4.15. The minimum absolute atomic E-state index is 0.190. The summed E-state index contributed by atoms with van der Waals surface area (Å²) in [5.41, 5.74) is 2.89. The maximum absolute atomic E-state index is 12.5. The summed E-state index contributed by atoms with van der Waals surface area (Å²) in [6.07, 6.45) is 1.52. The lowest BCUT2D eigenvalue weighted by atomic mass is 10.2. The zero-order chi connectivity index (χ0) is 15.5. The summed E-state index contributed by atoms with van der Waals surface area (Å²) in [6, 6.07) is 9.08. The van der Waals surface area contributed by atoms with Gasteiger partial charge in [-0.1, -0.05) is 12.1 Å². The summed E-state index contributed by atoms with van der Waals surface area (Å²) >= 11 is 0. The number of nitrogens with zero attached hydrogens (tertiary/aromatic N) is 2. The fourth-order valence-corrected chi connectivity index (χ4v) is 3.25. The highest BCUT2D eigenvalue weighted by atomic mass is 32.2. The van der Waals surface area contributed by atoms with Gasteiger partial charge in [-0.25, -0.2) is 9.37 Å². The molecule has 0 saturated carbocycles. The molecule has 1 aromatic carbocycles. The molecular formula is C15H14FN3O2S. The zero-order valence-corrected chi connectivity index (χ0v) is 12.7. The van der Waals surface area contributed by atoms with Gasteiger partial charge in [-0.2, -0.15) is 0 Å². The molecule has 2 aromatic heterocycles. The molecule has 0 aliphatic carbocycles. The van der Waals surface area contributed by atoms with E-state index in [-0.39, 0.29) is 5.75 Å². The third-order valence-electron chi connectivity index (χ3n) is 3.32. The molecule has 1 atom stereocenters. The van der Waals surface area contributed by atoms with Gasteiger partial charge in [0, 0.05) is 11.8 Å². The average Bonchev–Trinajstić information content (AvgIpc) is 2.95. The number of ether oxygens (including phenoxy) is 1. The monoisotopic (exact) mass is 319 g/mol. The number of rotatable bonds is 5. The number of aromatic nitrogens is 3. The van der Waals surface area contributed by atoms with E-state index in [2.05, 4.69) is 15.0 Å². The van der Waals surface area contributed by atoms with E-state index in [1.54, 1.807) is 13.0 Å². The van der Waals surface area contributed by atoms with Gasteiger partial charge in [0.05, 0.1) is 33.3 Å². The number of halogens is 1. The second-order valence-electron chi connectivity index (χ2n) is 4.68. The highest BCUT2D eigenvalue weighted by molar-refractivity contribution is 7.84. The molecule has 114 valence electrons. The number of alkyl halides is 1. The maximum Gasteiger partial charge on any atom is 0.228 e. The van der Waals surface area contributed by atoms with Crippen LogP contribution in [0.15, 0.2) is 41.7 Å². The van der Waals surface area contributed by atoms with Crippen LogP contribution < -0.4 is 4.74 Å². The number of benzene rings is 1. The average molecular weight is 319 g/mol. The first-order valence-corrected chi connectivity index (χ1v) is 7.97. The first-order chi connectivity index (χ1) is 10.7. The number of pyridine rings is 1. The van der Waals surface area contributed by atoms with Crippen molar-refractivity contribution in [2.45, 2.75) is 17.8 Å². The largest absolute Gasteiger partial charge is 0.463 e. The van der Waals surface area contributed by atoms with Gasteiger partial charge in [0.25, 0.3) is 0 Å². The van der Waals surface area contributed by atoms with Crippen LogP contribution in [-0.4, -0.2) is 26.0 Å². The minimum Gasteiger partial charge on any atom is -0.463 e. The van der Waals surface area contributed by atoms with E-state index in [9.17, 15) is 8.60 Å². The zero-order valence-electron chi connectivity index (χ0n) is 11.9. The summed E-state index contributed by atoms with van der Waals surface area (Å²) in [4.78, 5) is 11.6. The highest BCUT2D eigenvalue weighted by Gasteiger charge is 2.14. The van der Waals surface area contributed by atoms with Crippen LogP contribution in [0, 0.1) is 6.92 Å². The van der Waals surface area contributed by atoms with E-state index in [4.69, 9.17) is 4.74 Å². The van der Waals surface area contributed by atoms with Crippen molar-refractivity contribution >= 4 is 21.8 Å². The molecular weight excluding hydrogens is 305 g/mol. The Labute approximate surface area is 129 Å². The summed E-state index contributed by atoms with van der Waals surface area (Å²) < 4.78 is 29.7. The molecule has 0 amide bonds. The van der Waals surface area contributed by atoms with Crippen molar-refractivity contribution in [3.63, 3.8) is 0 Å². The van der Waals surface area contributed by atoms with Crippen molar-refractivity contribution in [2.24, 2.45) is 0 Å². The number of hydrogen-bond acceptors (Lipinski definition) is 4. The lowest BCUT2D eigenvalue weighted by Crippen LogP contribution is -2.04. The Hall–Kier alpha value is -2.28. The van der Waals surface area contributed by atoms with Crippen LogP contribution in [0.3, 0.4) is 0 Å². The molecule has 0 saturated heterocycles. The number of aromatic amines is 1. The topological polar surface area (TPSA) is 67.9 Å². The van der Waals surface area contributed by atoms with E-state index < -0.39 is 17.7 Å². The van der Waals surface area contributed by atoms with Crippen molar-refractivity contribution < 1.29 is 13.3 Å². The van der Waals surface area contributed by atoms with Crippen LogP contribution in [0.2, 0.25) is 0 Å². The van der Waals surface area contributed by atoms with Crippen LogP contribution in [0.5, 0.6) is 5.75 Å². The van der Waals surface area contributed by atoms with Gasteiger partial charge in [0.2, 0.25) is 6.86 Å². The SMILES string of the molecule is Cc1c(OCF)ccnc1CS(=O)c1nc2ccccc2[nH]1. The number of H-pyrrole nitrogens is 1. The fraction of sp³-hybridized carbons (Fsp3) is 0.200. The van der Waals surface area contributed by atoms with Gasteiger partial charge in [-0.3, -0.25) is 9.19 Å². The highest BCUT2D eigenvalue weighted by Crippen LogP contribution is 2.22. The summed E-state index contributed by atoms with van der Waals surface area (Å²) in [5, 5.41) is 0.402. The Bertz CT molecular complexity index is 802. The van der Waals surface area contributed by atoms with Gasteiger partial charge < -0.3 is 9.72 Å². The van der Waals surface area contributed by atoms with Crippen molar-refractivity contribution in [3.05, 3.63) is 47.8 Å². The van der Waals surface area contributed by atoms with Gasteiger partial charge in [0.1, 0.15) is 5.75 Å². The molecule has 0 aliphatic heterocycles. The van der Waals surface area contributed by atoms with E-state index in [0.29, 0.717) is 22.2 Å². The van der Waals surface area contributed by atoms with E-state index in [1.165, 1.54) is 6.20 Å². The van der Waals surface area contributed by atoms with Gasteiger partial charge in [-0.05, 0) is 25.1 Å². The van der Waals surface area contributed by atoms with Crippen LogP contribution in [0.1, 0.15) is 11.3 Å². The molecule has 2 heterocycles. The summed E-state index contributed by atoms with van der Waals surface area (Å²) in [5.74, 6) is 0.601. The molecule has 3 aromatic rings. The second-order valence-corrected chi connectivity index (χ2v) is 6.05. The lowest BCUT2D eigenvalue weighted by molar-refractivity contribution is 0.190. The molecule has 7 heteroatoms. The molecule has 0 spiro atoms. The number of hydrogen-bond donors (Lipinski definition) is 1. The molecule has 3 rings (SSSR count). The number of imidazole rings is 1. The minimum atomic E-state index is -1.37. The van der Waals surface area contributed by atoms with Crippen molar-refractivity contribution in [2.75, 3.05) is 6.86 Å². The van der Waals surface area contributed by atoms with E-state index in [0.717, 1.165) is 11.0 Å². The van der Waals surface area contributed by atoms with Crippen LogP contribution in [-0.2, 0) is 16.6 Å². The van der Waals surface area contributed by atoms with Crippen LogP contribution in [0.4, 0.5) is 4.39 Å². The summed E-state index contributed by atoms with van der Waals surface area (Å²) in [6.45, 7) is 0.861. The van der Waals surface area contributed by atoms with Crippen molar-refractivity contribution in [1.29, 1.82) is 0 Å². The third-order valence-corrected chi connectivity index (χ3v) is 4.48. The summed E-state index contributed by atoms with van der Waals surface area (Å²) in [7, 11) is -1.37. The quantitative estimate of drug-likeness (QED) is 0.785. The molecule has 0 radical (unpaired) electrons. The maximum atomic E-state index is 12.5.